The molecule has 1 fully saturated rings. The van der Waals surface area contributed by atoms with Crippen molar-refractivity contribution >= 4 is 23.5 Å². The van der Waals surface area contributed by atoms with Crippen molar-refractivity contribution in [1.82, 2.24) is 0 Å². The number of esters is 1. The summed E-state index contributed by atoms with van der Waals surface area (Å²) in [5.41, 5.74) is 5.82. The molecule has 152 valence electrons. The molecule has 0 heterocycles. The predicted octanol–water partition coefficient (Wildman–Crippen LogP) is 3.31. The Morgan fingerprint density at radius 3 is 2.17 bits per heavy atom. The van der Waals surface area contributed by atoms with E-state index in [1.165, 1.54) is 31.2 Å². The second-order valence-corrected chi connectivity index (χ2v) is 7.27. The SMILES string of the molecule is C[C@@H](OC(=O)C1(c2ccc(F)cc2)CCCC1)C(=O)Nc1ccc(C(N)=O)cc1. The highest BCUT2D eigenvalue weighted by Crippen LogP contribution is 2.42. The van der Waals surface area contributed by atoms with E-state index in [1.54, 1.807) is 24.3 Å². The van der Waals surface area contributed by atoms with Crippen LogP contribution in [0.1, 0.15) is 48.5 Å². The molecular formula is C22H23FN2O4. The van der Waals surface area contributed by atoms with Gasteiger partial charge in [-0.15, -0.1) is 0 Å². The van der Waals surface area contributed by atoms with Gasteiger partial charge in [-0.1, -0.05) is 25.0 Å². The van der Waals surface area contributed by atoms with E-state index in [2.05, 4.69) is 5.32 Å². The number of anilines is 1. The largest absolute Gasteiger partial charge is 0.452 e. The molecule has 2 aromatic rings. The Kier molecular flexibility index (Phi) is 5.96. The number of rotatable bonds is 6. The minimum atomic E-state index is -1.02. The van der Waals surface area contributed by atoms with Crippen LogP contribution >= 0.6 is 0 Å². The maximum absolute atomic E-state index is 13.3. The molecule has 0 aromatic heterocycles. The molecule has 1 aliphatic rings. The van der Waals surface area contributed by atoms with Crippen LogP contribution in [0.5, 0.6) is 0 Å². The van der Waals surface area contributed by atoms with Crippen LogP contribution in [0.2, 0.25) is 0 Å². The van der Waals surface area contributed by atoms with Gasteiger partial charge in [-0.05, 0) is 61.7 Å². The smallest absolute Gasteiger partial charge is 0.317 e. The third-order valence-electron chi connectivity index (χ3n) is 5.33. The molecule has 2 aromatic carbocycles. The summed E-state index contributed by atoms with van der Waals surface area (Å²) in [6.45, 7) is 1.50. The summed E-state index contributed by atoms with van der Waals surface area (Å²) in [5.74, 6) is -1.90. The van der Waals surface area contributed by atoms with E-state index in [4.69, 9.17) is 10.5 Å². The molecule has 0 bridgehead atoms. The molecule has 0 spiro atoms. The third kappa shape index (κ3) is 4.45. The minimum absolute atomic E-state index is 0.324. The zero-order valence-electron chi connectivity index (χ0n) is 16.1. The van der Waals surface area contributed by atoms with Crippen molar-refractivity contribution < 1.29 is 23.5 Å². The van der Waals surface area contributed by atoms with Gasteiger partial charge in [0.25, 0.3) is 5.91 Å². The molecule has 2 amide bonds. The number of hydrogen-bond donors (Lipinski definition) is 2. The summed E-state index contributed by atoms with van der Waals surface area (Å²) in [6, 6.07) is 11.9. The zero-order valence-corrected chi connectivity index (χ0v) is 16.1. The maximum atomic E-state index is 13.3. The van der Waals surface area contributed by atoms with E-state index in [0.29, 0.717) is 29.7 Å². The molecule has 1 atom stereocenters. The van der Waals surface area contributed by atoms with Gasteiger partial charge in [0, 0.05) is 11.3 Å². The molecule has 1 saturated carbocycles. The highest BCUT2D eigenvalue weighted by atomic mass is 19.1. The monoisotopic (exact) mass is 398 g/mol. The second kappa shape index (κ2) is 8.43. The Labute approximate surface area is 168 Å². The second-order valence-electron chi connectivity index (χ2n) is 7.27. The standard InChI is InChI=1S/C22H23FN2O4/c1-14(20(27)25-18-10-4-15(5-11-18)19(24)26)29-21(28)22(12-2-3-13-22)16-6-8-17(23)9-7-16/h4-11,14H,2-3,12-13H2,1H3,(H2,24,26)(H,25,27)/t14-/m1/s1. The molecule has 6 nitrogen and oxygen atoms in total. The fourth-order valence-electron chi connectivity index (χ4n) is 3.65. The van der Waals surface area contributed by atoms with Crippen molar-refractivity contribution in [3.05, 3.63) is 65.5 Å². The summed E-state index contributed by atoms with van der Waals surface area (Å²) >= 11 is 0. The van der Waals surface area contributed by atoms with Gasteiger partial charge in [0.1, 0.15) is 5.82 Å². The number of nitrogens with two attached hydrogens (primary N) is 1. The van der Waals surface area contributed by atoms with Crippen LogP contribution in [0.25, 0.3) is 0 Å². The van der Waals surface area contributed by atoms with E-state index in [9.17, 15) is 18.8 Å². The van der Waals surface area contributed by atoms with Gasteiger partial charge in [-0.2, -0.15) is 0 Å². The average Bonchev–Trinajstić information content (AvgIpc) is 3.20. The molecule has 0 aliphatic heterocycles. The van der Waals surface area contributed by atoms with Crippen LogP contribution in [0.4, 0.5) is 10.1 Å². The summed E-state index contributed by atoms with van der Waals surface area (Å²) in [6.07, 6.45) is 1.90. The minimum Gasteiger partial charge on any atom is -0.452 e. The highest BCUT2D eigenvalue weighted by molar-refractivity contribution is 5.97. The number of carbonyl (C=O) groups is 3. The summed E-state index contributed by atoms with van der Waals surface area (Å²) in [5, 5.41) is 2.65. The summed E-state index contributed by atoms with van der Waals surface area (Å²) < 4.78 is 18.8. The topological polar surface area (TPSA) is 98.5 Å². The Morgan fingerprint density at radius 2 is 1.62 bits per heavy atom. The van der Waals surface area contributed by atoms with E-state index >= 15 is 0 Å². The first-order valence-corrected chi connectivity index (χ1v) is 9.50. The number of amides is 2. The molecule has 3 rings (SSSR count). The fraction of sp³-hybridized carbons (Fsp3) is 0.318. The van der Waals surface area contributed by atoms with Gasteiger partial charge in [0.2, 0.25) is 5.91 Å². The number of nitrogens with one attached hydrogen (secondary N) is 1. The zero-order chi connectivity index (χ0) is 21.0. The number of primary amides is 1. The lowest BCUT2D eigenvalue weighted by Crippen LogP contribution is -2.39. The highest BCUT2D eigenvalue weighted by Gasteiger charge is 2.45. The molecule has 1 aliphatic carbocycles. The van der Waals surface area contributed by atoms with Crippen LogP contribution in [0, 0.1) is 5.82 Å². The number of carbonyl (C=O) groups excluding carboxylic acids is 3. The summed E-state index contributed by atoms with van der Waals surface area (Å²) in [7, 11) is 0. The van der Waals surface area contributed by atoms with Crippen molar-refractivity contribution in [2.75, 3.05) is 5.32 Å². The molecule has 29 heavy (non-hydrogen) atoms. The molecule has 0 saturated heterocycles. The van der Waals surface area contributed by atoms with Gasteiger partial charge in [0.05, 0.1) is 5.41 Å². The molecular weight excluding hydrogens is 375 g/mol. The average molecular weight is 398 g/mol. The first-order chi connectivity index (χ1) is 13.8. The Bertz CT molecular complexity index is 903. The van der Waals surface area contributed by atoms with Crippen LogP contribution in [0.3, 0.4) is 0 Å². The Morgan fingerprint density at radius 1 is 1.03 bits per heavy atom. The van der Waals surface area contributed by atoms with Gasteiger partial charge in [-0.3, -0.25) is 14.4 Å². The van der Waals surface area contributed by atoms with E-state index in [-0.39, 0.29) is 5.82 Å². The fourth-order valence-corrected chi connectivity index (χ4v) is 3.65. The lowest BCUT2D eigenvalue weighted by Gasteiger charge is -2.28. The number of ether oxygens (including phenoxy) is 1. The van der Waals surface area contributed by atoms with E-state index in [1.807, 2.05) is 0 Å². The maximum Gasteiger partial charge on any atom is 0.317 e. The number of benzene rings is 2. The molecule has 3 N–H and O–H groups in total. The van der Waals surface area contributed by atoms with Crippen LogP contribution < -0.4 is 11.1 Å². The van der Waals surface area contributed by atoms with Crippen molar-refractivity contribution in [1.29, 1.82) is 0 Å². The van der Waals surface area contributed by atoms with Gasteiger partial charge >= 0.3 is 5.97 Å². The van der Waals surface area contributed by atoms with Crippen LogP contribution in [-0.4, -0.2) is 23.9 Å². The van der Waals surface area contributed by atoms with Crippen LogP contribution in [-0.2, 0) is 19.7 Å². The number of hydrogen-bond acceptors (Lipinski definition) is 4. The normalized spacial score (nSPS) is 16.1. The molecule has 0 unspecified atom stereocenters. The third-order valence-corrected chi connectivity index (χ3v) is 5.33. The first-order valence-electron chi connectivity index (χ1n) is 9.50. The van der Waals surface area contributed by atoms with Gasteiger partial charge in [-0.25, -0.2) is 4.39 Å². The van der Waals surface area contributed by atoms with E-state index < -0.39 is 29.3 Å². The summed E-state index contributed by atoms with van der Waals surface area (Å²) in [4.78, 5) is 36.5. The molecule has 7 heteroatoms. The van der Waals surface area contributed by atoms with Crippen molar-refractivity contribution in [3.8, 4) is 0 Å². The van der Waals surface area contributed by atoms with Gasteiger partial charge < -0.3 is 15.8 Å². The van der Waals surface area contributed by atoms with Crippen molar-refractivity contribution in [2.45, 2.75) is 44.1 Å². The quantitative estimate of drug-likeness (QED) is 0.730. The Balaban J connectivity index is 1.68. The molecule has 0 radical (unpaired) electrons. The van der Waals surface area contributed by atoms with Crippen molar-refractivity contribution in [3.63, 3.8) is 0 Å². The lowest BCUT2D eigenvalue weighted by atomic mass is 9.79. The number of halogens is 1. The first kappa shape index (κ1) is 20.5. The van der Waals surface area contributed by atoms with E-state index in [0.717, 1.165) is 12.8 Å². The van der Waals surface area contributed by atoms with Crippen LogP contribution in [0.15, 0.2) is 48.5 Å². The Hall–Kier alpha value is -3.22. The van der Waals surface area contributed by atoms with Crippen molar-refractivity contribution in [2.24, 2.45) is 5.73 Å². The lowest BCUT2D eigenvalue weighted by molar-refractivity contribution is -0.159. The van der Waals surface area contributed by atoms with Gasteiger partial charge in [0.15, 0.2) is 6.10 Å². The predicted molar refractivity (Wildman–Crippen MR) is 106 cm³/mol.